The number of hydrazone groups is 1. The van der Waals surface area contributed by atoms with E-state index in [0.29, 0.717) is 33.7 Å². The molecular weight excluding hydrogens is 482 g/mol. The van der Waals surface area contributed by atoms with Crippen LogP contribution in [0.25, 0.3) is 0 Å². The molecule has 0 radical (unpaired) electrons. The first-order valence-corrected chi connectivity index (χ1v) is 10.6. The van der Waals surface area contributed by atoms with Crippen molar-refractivity contribution in [2.24, 2.45) is 5.10 Å². The highest BCUT2D eigenvalue weighted by Crippen LogP contribution is 2.37. The number of ether oxygens (including phenoxy) is 2. The van der Waals surface area contributed by atoms with Gasteiger partial charge >= 0.3 is 0 Å². The normalized spacial score (nSPS) is 10.9. The zero-order valence-corrected chi connectivity index (χ0v) is 18.9. The predicted molar refractivity (Wildman–Crippen MR) is 122 cm³/mol. The molecule has 0 fully saturated rings. The largest absolute Gasteiger partial charge is 0.490 e. The molecule has 0 saturated heterocycles. The van der Waals surface area contributed by atoms with E-state index in [2.05, 4.69) is 26.5 Å². The summed E-state index contributed by atoms with van der Waals surface area (Å²) in [5.74, 6) is 0.0271. The fourth-order valence-electron chi connectivity index (χ4n) is 2.81. The van der Waals surface area contributed by atoms with E-state index in [0.717, 1.165) is 5.56 Å². The van der Waals surface area contributed by atoms with E-state index in [1.165, 1.54) is 30.5 Å². The van der Waals surface area contributed by atoms with Crippen molar-refractivity contribution in [2.75, 3.05) is 6.61 Å². The van der Waals surface area contributed by atoms with Gasteiger partial charge in [-0.25, -0.2) is 14.2 Å². The Kier molecular flexibility index (Phi) is 8.33. The molecular formula is C24H21BrF2N2O3. The van der Waals surface area contributed by atoms with Crippen molar-refractivity contribution in [3.63, 3.8) is 0 Å². The van der Waals surface area contributed by atoms with E-state index < -0.39 is 0 Å². The van der Waals surface area contributed by atoms with Crippen LogP contribution < -0.4 is 14.9 Å². The molecule has 0 bridgehead atoms. The number of nitrogens with zero attached hydrogens (tertiary/aromatic N) is 1. The fraction of sp³-hybridized carbons (Fsp3) is 0.167. The Morgan fingerprint density at radius 3 is 2.25 bits per heavy atom. The maximum Gasteiger partial charge on any atom is 0.244 e. The van der Waals surface area contributed by atoms with Gasteiger partial charge in [0.2, 0.25) is 5.91 Å². The van der Waals surface area contributed by atoms with Gasteiger partial charge in [0.15, 0.2) is 11.5 Å². The second-order valence-electron chi connectivity index (χ2n) is 6.77. The number of halogens is 3. The van der Waals surface area contributed by atoms with E-state index in [-0.39, 0.29) is 30.6 Å². The number of carbonyl (C=O) groups excluding carboxylic acids is 1. The topological polar surface area (TPSA) is 59.9 Å². The lowest BCUT2D eigenvalue weighted by Crippen LogP contribution is -2.19. The van der Waals surface area contributed by atoms with Crippen molar-refractivity contribution in [1.29, 1.82) is 0 Å². The summed E-state index contributed by atoms with van der Waals surface area (Å²) >= 11 is 3.48. The molecule has 166 valence electrons. The molecule has 0 aliphatic carbocycles. The van der Waals surface area contributed by atoms with Gasteiger partial charge < -0.3 is 9.47 Å². The molecule has 0 aliphatic rings. The minimum atomic E-state index is -0.354. The average molecular weight is 503 g/mol. The number of carbonyl (C=O) groups is 1. The highest BCUT2D eigenvalue weighted by molar-refractivity contribution is 9.10. The van der Waals surface area contributed by atoms with Crippen molar-refractivity contribution >= 4 is 28.1 Å². The van der Waals surface area contributed by atoms with Gasteiger partial charge in [0.25, 0.3) is 0 Å². The van der Waals surface area contributed by atoms with Crippen molar-refractivity contribution in [3.05, 3.63) is 93.5 Å². The highest BCUT2D eigenvalue weighted by Gasteiger charge is 2.12. The molecule has 0 atom stereocenters. The summed E-state index contributed by atoms with van der Waals surface area (Å²) in [5, 5.41) is 3.98. The van der Waals surface area contributed by atoms with Crippen LogP contribution in [0, 0.1) is 11.6 Å². The third-order valence-corrected chi connectivity index (χ3v) is 4.90. The van der Waals surface area contributed by atoms with Crippen LogP contribution in [-0.2, 0) is 17.8 Å². The number of rotatable bonds is 9. The smallest absolute Gasteiger partial charge is 0.244 e. The second-order valence-corrected chi connectivity index (χ2v) is 7.63. The van der Waals surface area contributed by atoms with Crippen molar-refractivity contribution in [2.45, 2.75) is 20.0 Å². The van der Waals surface area contributed by atoms with Crippen LogP contribution in [0.1, 0.15) is 23.6 Å². The summed E-state index contributed by atoms with van der Waals surface area (Å²) in [6.45, 7) is 2.52. The number of amides is 1. The van der Waals surface area contributed by atoms with Gasteiger partial charge in [-0.2, -0.15) is 5.10 Å². The summed E-state index contributed by atoms with van der Waals surface area (Å²) < 4.78 is 38.2. The quantitative estimate of drug-likeness (QED) is 0.315. The van der Waals surface area contributed by atoms with Crippen LogP contribution in [0.4, 0.5) is 8.78 Å². The molecule has 0 spiro atoms. The summed E-state index contributed by atoms with van der Waals surface area (Å²) in [6, 6.07) is 15.3. The molecule has 8 heteroatoms. The van der Waals surface area contributed by atoms with Crippen LogP contribution >= 0.6 is 15.9 Å². The lowest BCUT2D eigenvalue weighted by molar-refractivity contribution is -0.120. The standard InChI is InChI=1S/C24H21BrF2N2O3/c1-2-31-22-12-18(14-28-29-23(30)13-16-3-7-19(26)8-4-16)11-21(25)24(22)32-15-17-5-9-20(27)10-6-17/h3-12,14H,2,13,15H2,1H3,(H,29,30)/b28-14+. The van der Waals surface area contributed by atoms with E-state index in [1.807, 2.05) is 6.92 Å². The third kappa shape index (κ3) is 6.88. The Bertz CT molecular complexity index is 1090. The van der Waals surface area contributed by atoms with E-state index in [9.17, 15) is 13.6 Å². The maximum atomic E-state index is 13.1. The molecule has 32 heavy (non-hydrogen) atoms. The van der Waals surface area contributed by atoms with Crippen LogP contribution in [0.3, 0.4) is 0 Å². The first-order valence-electron chi connectivity index (χ1n) is 9.84. The molecule has 1 amide bonds. The minimum absolute atomic E-state index is 0.0850. The Hall–Kier alpha value is -3.26. The summed E-state index contributed by atoms with van der Waals surface area (Å²) in [4.78, 5) is 12.0. The molecule has 0 aromatic heterocycles. The van der Waals surface area contributed by atoms with Crippen molar-refractivity contribution in [1.82, 2.24) is 5.43 Å². The minimum Gasteiger partial charge on any atom is -0.490 e. The fourth-order valence-corrected chi connectivity index (χ4v) is 3.38. The SMILES string of the molecule is CCOc1cc(/C=N/NC(=O)Cc2ccc(F)cc2)cc(Br)c1OCc1ccc(F)cc1. The van der Waals surface area contributed by atoms with Gasteiger partial charge in [-0.3, -0.25) is 4.79 Å². The number of benzene rings is 3. The van der Waals surface area contributed by atoms with Crippen molar-refractivity contribution < 1.29 is 23.0 Å². The van der Waals surface area contributed by atoms with E-state index in [1.54, 1.807) is 36.4 Å². The highest BCUT2D eigenvalue weighted by atomic mass is 79.9. The third-order valence-electron chi connectivity index (χ3n) is 4.31. The van der Waals surface area contributed by atoms with Gasteiger partial charge in [0.05, 0.1) is 23.7 Å². The lowest BCUT2D eigenvalue weighted by Gasteiger charge is -2.14. The molecule has 0 heterocycles. The van der Waals surface area contributed by atoms with Gasteiger partial charge in [0.1, 0.15) is 18.2 Å². The van der Waals surface area contributed by atoms with Gasteiger partial charge in [-0.05, 0) is 75.9 Å². The van der Waals surface area contributed by atoms with Gasteiger partial charge in [-0.1, -0.05) is 24.3 Å². The Morgan fingerprint density at radius 1 is 1.00 bits per heavy atom. The predicted octanol–water partition coefficient (Wildman–Crippen LogP) is 5.40. The molecule has 3 aromatic rings. The zero-order valence-electron chi connectivity index (χ0n) is 17.3. The Balaban J connectivity index is 1.65. The summed E-state index contributed by atoms with van der Waals surface area (Å²) in [5.41, 5.74) is 4.63. The molecule has 5 nitrogen and oxygen atoms in total. The number of hydrogen-bond donors (Lipinski definition) is 1. The second kappa shape index (κ2) is 11.4. The monoisotopic (exact) mass is 502 g/mol. The molecule has 0 unspecified atom stereocenters. The average Bonchev–Trinajstić information content (AvgIpc) is 2.76. The Labute approximate surface area is 193 Å². The molecule has 3 aromatic carbocycles. The Morgan fingerprint density at radius 2 is 1.62 bits per heavy atom. The van der Waals surface area contributed by atoms with Crippen LogP contribution in [0.2, 0.25) is 0 Å². The van der Waals surface area contributed by atoms with Gasteiger partial charge in [0, 0.05) is 0 Å². The van der Waals surface area contributed by atoms with Crippen LogP contribution in [0.5, 0.6) is 11.5 Å². The molecule has 1 N–H and O–H groups in total. The molecule has 0 aliphatic heterocycles. The van der Waals surface area contributed by atoms with Crippen LogP contribution in [-0.4, -0.2) is 18.7 Å². The first kappa shape index (κ1) is 23.4. The number of hydrogen-bond acceptors (Lipinski definition) is 4. The van der Waals surface area contributed by atoms with E-state index in [4.69, 9.17) is 9.47 Å². The number of nitrogens with one attached hydrogen (secondary N) is 1. The summed E-state index contributed by atoms with van der Waals surface area (Å²) in [7, 11) is 0. The zero-order chi connectivity index (χ0) is 22.9. The summed E-state index contributed by atoms with van der Waals surface area (Å²) in [6.07, 6.45) is 1.57. The first-order chi connectivity index (χ1) is 15.4. The van der Waals surface area contributed by atoms with Crippen molar-refractivity contribution in [3.8, 4) is 11.5 Å². The van der Waals surface area contributed by atoms with Crippen LogP contribution in [0.15, 0.2) is 70.2 Å². The maximum absolute atomic E-state index is 13.1. The molecule has 0 saturated carbocycles. The lowest BCUT2D eigenvalue weighted by atomic mass is 10.1. The van der Waals surface area contributed by atoms with E-state index >= 15 is 0 Å². The molecule has 3 rings (SSSR count). The van der Waals surface area contributed by atoms with Gasteiger partial charge in [-0.15, -0.1) is 0 Å².